The van der Waals surface area contributed by atoms with E-state index in [9.17, 15) is 72.9 Å². The number of ether oxygens (including phenoxy) is 4. The second kappa shape index (κ2) is 35.4. The number of aliphatic hydroxyl groups is 4. The van der Waals surface area contributed by atoms with E-state index in [1.54, 1.807) is 52.0 Å². The van der Waals surface area contributed by atoms with Crippen LogP contribution in [0, 0.1) is 29.6 Å². The van der Waals surface area contributed by atoms with Crippen LogP contribution in [0.1, 0.15) is 139 Å². The molecule has 5 heterocycles. The number of nitrogens with two attached hydrogens (primary N) is 1. The van der Waals surface area contributed by atoms with Crippen molar-refractivity contribution in [3.63, 3.8) is 0 Å². The van der Waals surface area contributed by atoms with E-state index < -0.39 is 186 Å². The number of carbonyl (C=O) groups excluding carboxylic acids is 11. The third-order valence-electron chi connectivity index (χ3n) is 18.0. The number of carbonyl (C=O) groups is 11. The first-order valence-electron chi connectivity index (χ1n) is 32.9. The van der Waals surface area contributed by atoms with E-state index in [2.05, 4.69) is 20.9 Å². The predicted molar refractivity (Wildman–Crippen MR) is 345 cm³/mol. The van der Waals surface area contributed by atoms with Gasteiger partial charge >= 0.3 is 17.6 Å². The molecule has 9 N–H and O–H groups in total. The van der Waals surface area contributed by atoms with Crippen molar-refractivity contribution in [2.24, 2.45) is 29.6 Å². The number of nitrogens with one attached hydrogen (secondary N) is 3. The lowest BCUT2D eigenvalue weighted by molar-refractivity contribution is -0.163. The van der Waals surface area contributed by atoms with Crippen LogP contribution in [0.3, 0.4) is 0 Å². The molecule has 30 nitrogen and oxygen atoms in total. The van der Waals surface area contributed by atoms with Gasteiger partial charge in [-0.3, -0.25) is 52.5 Å². The number of cyclic esters (lactones) is 2. The highest BCUT2D eigenvalue weighted by Gasteiger charge is 2.47. The van der Waals surface area contributed by atoms with Gasteiger partial charge < -0.3 is 80.7 Å². The fourth-order valence-corrected chi connectivity index (χ4v) is 12.2. The van der Waals surface area contributed by atoms with E-state index in [1.807, 2.05) is 27.7 Å². The number of aliphatic hydroxyl groups excluding tert-OH is 4. The summed E-state index contributed by atoms with van der Waals surface area (Å²) in [5.74, 6) is -11.3. The molecule has 534 valence electrons. The Morgan fingerprint density at radius 1 is 0.854 bits per heavy atom. The number of ketones is 2. The molecule has 1 aromatic carbocycles. The molecule has 4 fully saturated rings. The molecule has 4 saturated heterocycles. The number of likely N-dealkylation sites (tertiary alicyclic amines) is 1. The maximum Gasteiger partial charge on any atom is 0.351 e. The Balaban J connectivity index is 0.000000842. The van der Waals surface area contributed by atoms with Gasteiger partial charge in [-0.2, -0.15) is 4.98 Å². The zero-order chi connectivity index (χ0) is 71.9. The van der Waals surface area contributed by atoms with Crippen LogP contribution in [0.2, 0.25) is 0 Å². The molecule has 0 unspecified atom stereocenters. The van der Waals surface area contributed by atoms with Crippen molar-refractivity contribution in [1.29, 1.82) is 0 Å². The number of Topliss-reactive ketones (excluding diaryl/α,β-unsaturated/α-hetero) is 2. The first kappa shape index (κ1) is 78.8. The third-order valence-corrected chi connectivity index (χ3v) is 18.0. The fourth-order valence-electron chi connectivity index (χ4n) is 12.2. The lowest BCUT2D eigenvalue weighted by atomic mass is 9.91. The minimum absolute atomic E-state index is 0.0537. The topological polar surface area (TPSA) is 416 Å². The summed E-state index contributed by atoms with van der Waals surface area (Å²) in [6, 6.07) is -0.947. The Morgan fingerprint density at radius 3 is 2.06 bits per heavy atom. The normalized spacial score (nSPS) is 28.2. The molecule has 4 aliphatic heterocycles. The molecular weight excluding hydrogens is 1250 g/mol. The van der Waals surface area contributed by atoms with Crippen LogP contribution in [0.25, 0.3) is 0 Å². The van der Waals surface area contributed by atoms with Gasteiger partial charge in [-0.05, 0) is 99.8 Å². The molecule has 0 aliphatic carbocycles. The maximum absolute atomic E-state index is 15.0. The predicted octanol–water partition coefficient (Wildman–Crippen LogP) is -0.0383. The number of hydrogen-bond donors (Lipinski definition) is 8. The summed E-state index contributed by atoms with van der Waals surface area (Å²) in [7, 11) is 4.26. The van der Waals surface area contributed by atoms with Gasteiger partial charge in [0, 0.05) is 46.7 Å². The smallest absolute Gasteiger partial charge is 0.351 e. The molecule has 6 rings (SSSR count). The molecule has 96 heavy (non-hydrogen) atoms. The highest BCUT2D eigenvalue weighted by Crippen LogP contribution is 2.30. The second-order valence-corrected chi connectivity index (χ2v) is 26.6. The van der Waals surface area contributed by atoms with Crippen LogP contribution >= 0.6 is 0 Å². The number of rotatable bonds is 17. The Kier molecular flexibility index (Phi) is 29.0. The number of amides is 7. The van der Waals surface area contributed by atoms with Gasteiger partial charge in [0.1, 0.15) is 72.2 Å². The fraction of sp³-hybridized carbons (Fsp3) is 0.682. The number of esters is 2. The summed E-state index contributed by atoms with van der Waals surface area (Å²) in [5, 5.41) is 48.2. The molecule has 16 atom stereocenters. The van der Waals surface area contributed by atoms with Gasteiger partial charge in [-0.1, -0.05) is 73.9 Å². The summed E-state index contributed by atoms with van der Waals surface area (Å²) in [6.45, 7) is 17.6. The number of anilines is 1. The highest BCUT2D eigenvalue weighted by molar-refractivity contribution is 6.35. The number of likely N-dealkylation sites (N-methyl/N-ethyl adjacent to an activating group) is 2. The average Bonchev–Trinajstić information content (AvgIpc) is 1.57. The zero-order valence-corrected chi connectivity index (χ0v) is 57.5. The minimum atomic E-state index is -1.78. The number of methoxy groups -OCH3 is 1. The maximum atomic E-state index is 15.0. The molecule has 2 aromatic rings. The number of nitrogens with zero attached hydrogens (tertiary/aromatic N) is 6. The van der Waals surface area contributed by atoms with Crippen LogP contribution in [-0.2, 0) is 73.4 Å². The van der Waals surface area contributed by atoms with Gasteiger partial charge in [0.15, 0.2) is 18.1 Å². The largest absolute Gasteiger partial charge is 0.497 e. The standard InChI is InChI=1S/C57H87N7O15.C9H13N3O5/c1-15-33(8)46-44(66)29-45(67)79-49(32(6)7)48(68)34(9)50(69)58-39(26-30(2)3)54(73)64-25-17-19-41(64)56(75)62(13)43(28-37-20-22-38(77-14)23-21-37)57(76)78-36(11)47(52(71)59-46)60-51(70)42(27-31(4)5)61(12)55(74)40-18-16-24-63(40)53(72)35(10)65;10-5-1-2-12(9(16)11-5)8-7(15)6(14)4(3-13)17-8/h20-23,30-34,36,39-44,46-47,49,66H,15-19,24-29H2,1-14H3,(H,58,69)(H,59,71)(H,60,70);1-2,4,6-8,13-15H,3H2,(H2,10,11,16)/t33-,34-,36+,39-,40-,41-,42+,43-,44-,46+,47-,49-;4-,6-,7+,8-/m01/s1. The van der Waals surface area contributed by atoms with Gasteiger partial charge in [0.05, 0.1) is 38.2 Å². The van der Waals surface area contributed by atoms with Crippen molar-refractivity contribution >= 4 is 70.7 Å². The quantitative estimate of drug-likeness (QED) is 0.0585. The number of fused-ring (bicyclic) bond motifs is 1. The van der Waals surface area contributed by atoms with E-state index in [0.717, 1.165) is 11.5 Å². The molecular formula is C66H100N10O20. The van der Waals surface area contributed by atoms with E-state index in [-0.39, 0.29) is 62.8 Å². The Morgan fingerprint density at radius 2 is 1.50 bits per heavy atom. The van der Waals surface area contributed by atoms with Crippen molar-refractivity contribution in [2.45, 2.75) is 219 Å². The summed E-state index contributed by atoms with van der Waals surface area (Å²) in [4.78, 5) is 175. The van der Waals surface area contributed by atoms with Crippen LogP contribution in [0.5, 0.6) is 5.75 Å². The Bertz CT molecular complexity index is 3140. The minimum Gasteiger partial charge on any atom is -0.497 e. The molecule has 1 aromatic heterocycles. The van der Waals surface area contributed by atoms with E-state index in [4.69, 9.17) is 29.8 Å². The lowest BCUT2D eigenvalue weighted by Gasteiger charge is -2.36. The molecule has 0 bridgehead atoms. The van der Waals surface area contributed by atoms with Crippen LogP contribution in [0.4, 0.5) is 5.82 Å². The zero-order valence-electron chi connectivity index (χ0n) is 57.5. The number of benzene rings is 1. The molecule has 4 aliphatic rings. The summed E-state index contributed by atoms with van der Waals surface area (Å²) < 4.78 is 23.4. The van der Waals surface area contributed by atoms with E-state index in [1.165, 1.54) is 66.9 Å². The van der Waals surface area contributed by atoms with Gasteiger partial charge in [-0.25, -0.2) is 9.59 Å². The van der Waals surface area contributed by atoms with Crippen molar-refractivity contribution in [3.05, 3.63) is 52.6 Å². The number of nitrogen functional groups attached to an aromatic ring is 1. The van der Waals surface area contributed by atoms with E-state index >= 15 is 0 Å². The SMILES string of the molecule is CC[C@H](C)[C@H]1NC(=O)[C@@H](NC(=O)[C@@H](CC(C)C)N(C)C(=O)[C@@H]2CCCN2C(=O)C(C)=O)[C@@H](C)OC(=O)[C@H](Cc2ccc(OC)cc2)N(C)C(=O)[C@@H]2CCCN2C(=O)[C@H](CC(C)C)NC(=O)[C@@H](C)C(=O)[C@H](C(C)C)OC(=O)C[C@@H]1O.Nc1ccn([C@@H]2O[C@H](CO)[C@@H](O)[C@@H]2O)c(=O)n1. The Labute approximate surface area is 559 Å². The van der Waals surface area contributed by atoms with Gasteiger partial charge in [-0.15, -0.1) is 0 Å². The monoisotopic (exact) mass is 1350 g/mol. The van der Waals surface area contributed by atoms with Crippen LogP contribution in [0.15, 0.2) is 41.3 Å². The van der Waals surface area contributed by atoms with Gasteiger partial charge in [0.2, 0.25) is 41.2 Å². The van der Waals surface area contributed by atoms with Crippen molar-refractivity contribution in [2.75, 3.05) is 46.6 Å². The molecule has 0 radical (unpaired) electrons. The first-order chi connectivity index (χ1) is 45.1. The van der Waals surface area contributed by atoms with E-state index in [0.29, 0.717) is 30.6 Å². The van der Waals surface area contributed by atoms with Gasteiger partial charge in [0.25, 0.3) is 5.91 Å². The number of hydrogen-bond acceptors (Lipinski definition) is 22. The number of aromatic nitrogens is 2. The van der Waals surface area contributed by atoms with Crippen molar-refractivity contribution < 1.29 is 92.1 Å². The summed E-state index contributed by atoms with van der Waals surface area (Å²) >= 11 is 0. The molecule has 0 spiro atoms. The Hall–Kier alpha value is -7.93. The molecule has 30 heteroatoms. The third kappa shape index (κ3) is 19.9. The van der Waals surface area contributed by atoms with Crippen molar-refractivity contribution in [1.82, 2.24) is 45.1 Å². The van der Waals surface area contributed by atoms with Crippen LogP contribution in [-0.4, -0.2) is 234 Å². The highest BCUT2D eigenvalue weighted by atomic mass is 16.6. The summed E-state index contributed by atoms with van der Waals surface area (Å²) in [6.07, 6.45) is -7.03. The van der Waals surface area contributed by atoms with Crippen LogP contribution < -0.4 is 32.1 Å². The first-order valence-corrected chi connectivity index (χ1v) is 32.9. The second-order valence-electron chi connectivity index (χ2n) is 26.6. The average molecular weight is 1350 g/mol. The summed E-state index contributed by atoms with van der Waals surface area (Å²) in [5.41, 5.74) is 5.20. The molecule has 0 saturated carbocycles. The van der Waals surface area contributed by atoms with Crippen molar-refractivity contribution in [3.8, 4) is 5.75 Å². The lowest BCUT2D eigenvalue weighted by Crippen LogP contribution is -2.62. The molecule has 7 amide bonds.